The van der Waals surface area contributed by atoms with Crippen molar-refractivity contribution in [1.29, 1.82) is 0 Å². The van der Waals surface area contributed by atoms with E-state index in [0.717, 1.165) is 12.0 Å². The molecule has 0 radical (unpaired) electrons. The highest BCUT2D eigenvalue weighted by molar-refractivity contribution is 5.72. The fraction of sp³-hybridized carbons (Fsp3) is 0.389. The summed E-state index contributed by atoms with van der Waals surface area (Å²) >= 11 is 0. The van der Waals surface area contributed by atoms with E-state index in [4.69, 9.17) is 4.74 Å². The Bertz CT molecular complexity index is 693. The van der Waals surface area contributed by atoms with Crippen molar-refractivity contribution in [3.63, 3.8) is 0 Å². The number of benzene rings is 1. The molecule has 1 aromatic heterocycles. The van der Waals surface area contributed by atoms with Gasteiger partial charge in [-0.3, -0.25) is 4.79 Å². The lowest BCUT2D eigenvalue weighted by Gasteiger charge is -2.16. The van der Waals surface area contributed by atoms with Crippen LogP contribution in [-0.4, -0.2) is 40.7 Å². The second-order valence-corrected chi connectivity index (χ2v) is 5.93. The molecule has 1 N–H and O–H groups in total. The number of carboxylic acid groups (broad SMARTS) is 1. The van der Waals surface area contributed by atoms with Crippen LogP contribution in [0.2, 0.25) is 0 Å². The van der Waals surface area contributed by atoms with E-state index >= 15 is 0 Å². The van der Waals surface area contributed by atoms with Crippen LogP contribution in [0.5, 0.6) is 5.88 Å². The molecule has 0 amide bonds. The van der Waals surface area contributed by atoms with Crippen LogP contribution >= 0.6 is 0 Å². The van der Waals surface area contributed by atoms with Gasteiger partial charge in [-0.2, -0.15) is 4.98 Å². The SMILES string of the molecule is CCOc1ccnc(N2C[C@@H](Cc3ccccc3)[C@H](C(=O)O)C2)n1. The maximum Gasteiger partial charge on any atom is 0.308 e. The number of aromatic nitrogens is 2. The molecule has 2 aromatic rings. The lowest BCUT2D eigenvalue weighted by molar-refractivity contribution is -0.142. The van der Waals surface area contributed by atoms with Crippen molar-refractivity contribution in [2.75, 3.05) is 24.6 Å². The third kappa shape index (κ3) is 3.64. The minimum atomic E-state index is -0.764. The number of ether oxygens (including phenoxy) is 1. The Morgan fingerprint density at radius 3 is 2.79 bits per heavy atom. The fourth-order valence-corrected chi connectivity index (χ4v) is 3.15. The van der Waals surface area contributed by atoms with Gasteiger partial charge in [0.25, 0.3) is 0 Å². The molecule has 3 rings (SSSR count). The molecule has 1 saturated heterocycles. The Labute approximate surface area is 141 Å². The standard InChI is InChI=1S/C18H21N3O3/c1-2-24-16-8-9-19-18(20-16)21-11-14(15(12-21)17(22)23)10-13-6-4-3-5-7-13/h3-9,14-15H,2,10-12H2,1H3,(H,22,23)/t14-,15-/m1/s1. The Kier molecular flexibility index (Phi) is 4.93. The van der Waals surface area contributed by atoms with Gasteiger partial charge in [0.05, 0.1) is 12.5 Å². The van der Waals surface area contributed by atoms with Crippen LogP contribution in [0.3, 0.4) is 0 Å². The topological polar surface area (TPSA) is 75.5 Å². The molecule has 1 aliphatic rings. The van der Waals surface area contributed by atoms with Gasteiger partial charge < -0.3 is 14.7 Å². The van der Waals surface area contributed by atoms with Crippen molar-refractivity contribution in [3.8, 4) is 5.88 Å². The summed E-state index contributed by atoms with van der Waals surface area (Å²) in [5, 5.41) is 9.57. The first-order valence-corrected chi connectivity index (χ1v) is 8.15. The normalized spacial score (nSPS) is 20.1. The second-order valence-electron chi connectivity index (χ2n) is 5.93. The highest BCUT2D eigenvalue weighted by Crippen LogP contribution is 2.30. The maximum absolute atomic E-state index is 11.7. The molecular formula is C18H21N3O3. The zero-order valence-corrected chi connectivity index (χ0v) is 13.6. The molecule has 1 aliphatic heterocycles. The van der Waals surface area contributed by atoms with E-state index in [-0.39, 0.29) is 5.92 Å². The van der Waals surface area contributed by atoms with Crippen molar-refractivity contribution in [3.05, 3.63) is 48.2 Å². The van der Waals surface area contributed by atoms with Gasteiger partial charge in [0, 0.05) is 25.4 Å². The molecule has 126 valence electrons. The van der Waals surface area contributed by atoms with Crippen molar-refractivity contribution in [2.24, 2.45) is 11.8 Å². The number of anilines is 1. The van der Waals surface area contributed by atoms with Crippen molar-refractivity contribution < 1.29 is 14.6 Å². The van der Waals surface area contributed by atoms with Crippen LogP contribution in [0.1, 0.15) is 12.5 Å². The van der Waals surface area contributed by atoms with Crippen molar-refractivity contribution in [1.82, 2.24) is 9.97 Å². The molecule has 2 atom stereocenters. The fourth-order valence-electron chi connectivity index (χ4n) is 3.15. The van der Waals surface area contributed by atoms with Gasteiger partial charge in [0.1, 0.15) is 0 Å². The van der Waals surface area contributed by atoms with Crippen LogP contribution in [-0.2, 0) is 11.2 Å². The maximum atomic E-state index is 11.7. The zero-order chi connectivity index (χ0) is 16.9. The molecule has 1 aromatic carbocycles. The molecule has 2 heterocycles. The van der Waals surface area contributed by atoms with E-state index < -0.39 is 11.9 Å². The average Bonchev–Trinajstić information content (AvgIpc) is 3.00. The molecule has 6 heteroatoms. The minimum Gasteiger partial charge on any atom is -0.481 e. The second kappa shape index (κ2) is 7.29. The molecular weight excluding hydrogens is 306 g/mol. The molecule has 0 bridgehead atoms. The van der Waals surface area contributed by atoms with Gasteiger partial charge in [-0.05, 0) is 24.8 Å². The molecule has 0 unspecified atom stereocenters. The number of carboxylic acids is 1. The third-order valence-corrected chi connectivity index (χ3v) is 4.29. The summed E-state index contributed by atoms with van der Waals surface area (Å²) in [4.78, 5) is 22.3. The average molecular weight is 327 g/mol. The Hall–Kier alpha value is -2.63. The predicted octanol–water partition coefficient (Wildman–Crippen LogP) is 2.25. The van der Waals surface area contributed by atoms with E-state index in [1.165, 1.54) is 0 Å². The highest BCUT2D eigenvalue weighted by Gasteiger charge is 2.38. The van der Waals surface area contributed by atoms with Crippen LogP contribution in [0.4, 0.5) is 5.95 Å². The number of hydrogen-bond acceptors (Lipinski definition) is 5. The first-order valence-electron chi connectivity index (χ1n) is 8.15. The molecule has 0 aliphatic carbocycles. The minimum absolute atomic E-state index is 0.0317. The van der Waals surface area contributed by atoms with Gasteiger partial charge in [-0.15, -0.1) is 0 Å². The summed E-state index contributed by atoms with van der Waals surface area (Å²) in [7, 11) is 0. The van der Waals surface area contributed by atoms with Gasteiger partial charge in [0.2, 0.25) is 11.8 Å². The van der Waals surface area contributed by atoms with Crippen molar-refractivity contribution >= 4 is 11.9 Å². The summed E-state index contributed by atoms with van der Waals surface area (Å²) in [5.74, 6) is -0.114. The highest BCUT2D eigenvalue weighted by atomic mass is 16.5. The lowest BCUT2D eigenvalue weighted by Crippen LogP contribution is -2.24. The summed E-state index contributed by atoms with van der Waals surface area (Å²) in [6, 6.07) is 11.7. The monoisotopic (exact) mass is 327 g/mol. The molecule has 0 saturated carbocycles. The number of hydrogen-bond donors (Lipinski definition) is 1. The first-order chi connectivity index (χ1) is 11.7. The molecule has 1 fully saturated rings. The largest absolute Gasteiger partial charge is 0.481 e. The van der Waals surface area contributed by atoms with E-state index in [1.54, 1.807) is 12.3 Å². The first kappa shape index (κ1) is 16.2. The van der Waals surface area contributed by atoms with Gasteiger partial charge in [0.15, 0.2) is 0 Å². The third-order valence-electron chi connectivity index (χ3n) is 4.29. The summed E-state index contributed by atoms with van der Waals surface area (Å²) in [6.07, 6.45) is 2.38. The Balaban J connectivity index is 1.77. The quantitative estimate of drug-likeness (QED) is 0.877. The molecule has 0 spiro atoms. The Morgan fingerprint density at radius 2 is 2.08 bits per heavy atom. The predicted molar refractivity (Wildman–Crippen MR) is 90.2 cm³/mol. The van der Waals surface area contributed by atoms with E-state index in [2.05, 4.69) is 9.97 Å². The van der Waals surface area contributed by atoms with E-state index in [0.29, 0.717) is 31.5 Å². The smallest absolute Gasteiger partial charge is 0.308 e. The van der Waals surface area contributed by atoms with Crippen molar-refractivity contribution in [2.45, 2.75) is 13.3 Å². The summed E-state index contributed by atoms with van der Waals surface area (Å²) in [5.41, 5.74) is 1.15. The Morgan fingerprint density at radius 1 is 1.29 bits per heavy atom. The van der Waals surface area contributed by atoms with Gasteiger partial charge in [-0.25, -0.2) is 4.98 Å². The van der Waals surface area contributed by atoms with Crippen LogP contribution in [0, 0.1) is 11.8 Å². The van der Waals surface area contributed by atoms with E-state index in [9.17, 15) is 9.90 Å². The molecule has 24 heavy (non-hydrogen) atoms. The van der Waals surface area contributed by atoms with Crippen LogP contribution < -0.4 is 9.64 Å². The summed E-state index contributed by atoms with van der Waals surface area (Å²) in [6.45, 7) is 3.47. The van der Waals surface area contributed by atoms with Crippen LogP contribution in [0.25, 0.3) is 0 Å². The number of nitrogens with zero attached hydrogens (tertiary/aromatic N) is 3. The van der Waals surface area contributed by atoms with Gasteiger partial charge >= 0.3 is 5.97 Å². The lowest BCUT2D eigenvalue weighted by atomic mass is 9.90. The summed E-state index contributed by atoms with van der Waals surface area (Å²) < 4.78 is 5.41. The molecule has 6 nitrogen and oxygen atoms in total. The number of rotatable bonds is 6. The van der Waals surface area contributed by atoms with Crippen LogP contribution in [0.15, 0.2) is 42.6 Å². The number of aliphatic carboxylic acids is 1. The van der Waals surface area contributed by atoms with Gasteiger partial charge in [-0.1, -0.05) is 30.3 Å². The van der Waals surface area contributed by atoms with E-state index in [1.807, 2.05) is 42.2 Å². The zero-order valence-electron chi connectivity index (χ0n) is 13.6. The number of carbonyl (C=O) groups is 1.